The minimum atomic E-state index is -0.576. The van der Waals surface area contributed by atoms with Crippen LogP contribution in [0.1, 0.15) is 13.3 Å². The van der Waals surface area contributed by atoms with E-state index in [1.54, 1.807) is 14.2 Å². The first-order valence-corrected chi connectivity index (χ1v) is 4.35. The first-order chi connectivity index (χ1) is 6.18. The monoisotopic (exact) mass is 186 g/mol. The Bertz CT molecular complexity index is 167. The fraction of sp³-hybridized carbons (Fsp3) is 0.889. The molecule has 0 aromatic carbocycles. The maximum atomic E-state index is 8.77. The summed E-state index contributed by atoms with van der Waals surface area (Å²) in [5.41, 5.74) is -0.576. The molecule has 0 bridgehead atoms. The molecule has 0 heterocycles. The van der Waals surface area contributed by atoms with Crippen LogP contribution in [0.25, 0.3) is 0 Å². The lowest BCUT2D eigenvalue weighted by atomic mass is 10.1. The second kappa shape index (κ2) is 6.84. The van der Waals surface area contributed by atoms with Crippen LogP contribution in [-0.2, 0) is 9.47 Å². The Morgan fingerprint density at radius 1 is 1.46 bits per heavy atom. The largest absolute Gasteiger partial charge is 0.385 e. The molecule has 0 fully saturated rings. The fourth-order valence-electron chi connectivity index (χ4n) is 0.742. The SMILES string of the molecule is CNC(C)(C#N)COCCCOC. The smallest absolute Gasteiger partial charge is 0.127 e. The van der Waals surface area contributed by atoms with Crippen molar-refractivity contribution in [3.63, 3.8) is 0 Å². The topological polar surface area (TPSA) is 54.3 Å². The predicted octanol–water partition coefficient (Wildman–Crippen LogP) is 0.541. The van der Waals surface area contributed by atoms with Crippen molar-refractivity contribution in [3.05, 3.63) is 0 Å². The Hall–Kier alpha value is -0.630. The molecule has 4 heteroatoms. The highest BCUT2D eigenvalue weighted by molar-refractivity contribution is 5.02. The number of methoxy groups -OCH3 is 1. The van der Waals surface area contributed by atoms with Crippen LogP contribution in [-0.4, -0.2) is 39.5 Å². The molecule has 13 heavy (non-hydrogen) atoms. The van der Waals surface area contributed by atoms with Gasteiger partial charge in [-0.25, -0.2) is 0 Å². The Morgan fingerprint density at radius 3 is 2.62 bits per heavy atom. The van der Waals surface area contributed by atoms with Crippen LogP contribution in [0.15, 0.2) is 0 Å². The summed E-state index contributed by atoms with van der Waals surface area (Å²) in [6.45, 7) is 3.54. The van der Waals surface area contributed by atoms with Crippen LogP contribution >= 0.6 is 0 Å². The molecule has 1 atom stereocenters. The second-order valence-corrected chi connectivity index (χ2v) is 3.09. The summed E-state index contributed by atoms with van der Waals surface area (Å²) in [5, 5.41) is 11.7. The van der Waals surface area contributed by atoms with E-state index in [1.807, 2.05) is 6.92 Å². The van der Waals surface area contributed by atoms with Crippen LogP contribution in [0.2, 0.25) is 0 Å². The Balaban J connectivity index is 3.46. The molecule has 0 rings (SSSR count). The molecular weight excluding hydrogens is 168 g/mol. The number of nitriles is 1. The first-order valence-electron chi connectivity index (χ1n) is 4.35. The molecule has 0 aliphatic carbocycles. The first kappa shape index (κ1) is 12.4. The number of hydrogen-bond donors (Lipinski definition) is 1. The third-order valence-electron chi connectivity index (χ3n) is 1.83. The van der Waals surface area contributed by atoms with E-state index in [9.17, 15) is 0 Å². The molecular formula is C9H18N2O2. The quantitative estimate of drug-likeness (QED) is 0.590. The summed E-state index contributed by atoms with van der Waals surface area (Å²) in [6.07, 6.45) is 0.863. The average molecular weight is 186 g/mol. The molecule has 0 amide bonds. The van der Waals surface area contributed by atoms with E-state index in [1.165, 1.54) is 0 Å². The van der Waals surface area contributed by atoms with Crippen LogP contribution in [0.5, 0.6) is 0 Å². The predicted molar refractivity (Wildman–Crippen MR) is 50.4 cm³/mol. The second-order valence-electron chi connectivity index (χ2n) is 3.09. The summed E-state index contributed by atoms with van der Waals surface area (Å²) in [7, 11) is 3.41. The molecule has 0 saturated heterocycles. The van der Waals surface area contributed by atoms with Gasteiger partial charge in [0.1, 0.15) is 5.54 Å². The van der Waals surface area contributed by atoms with Crippen molar-refractivity contribution in [1.82, 2.24) is 5.32 Å². The maximum Gasteiger partial charge on any atom is 0.127 e. The van der Waals surface area contributed by atoms with Crippen LogP contribution < -0.4 is 5.32 Å². The van der Waals surface area contributed by atoms with Gasteiger partial charge in [0.25, 0.3) is 0 Å². The third kappa shape index (κ3) is 5.58. The lowest BCUT2D eigenvalue weighted by Gasteiger charge is -2.20. The summed E-state index contributed by atoms with van der Waals surface area (Å²) in [4.78, 5) is 0. The minimum Gasteiger partial charge on any atom is -0.385 e. The number of likely N-dealkylation sites (N-methyl/N-ethyl adjacent to an activating group) is 1. The molecule has 0 aromatic rings. The zero-order chi connectivity index (χ0) is 10.2. The van der Waals surface area contributed by atoms with E-state index in [0.717, 1.165) is 6.42 Å². The standard InChI is InChI=1S/C9H18N2O2/c1-9(7-10,11-2)8-13-6-4-5-12-3/h11H,4-6,8H2,1-3H3. The van der Waals surface area contributed by atoms with Crippen molar-refractivity contribution in [2.45, 2.75) is 18.9 Å². The van der Waals surface area contributed by atoms with Crippen molar-refractivity contribution in [3.8, 4) is 6.07 Å². The zero-order valence-electron chi connectivity index (χ0n) is 8.59. The van der Waals surface area contributed by atoms with Crippen LogP contribution in [0, 0.1) is 11.3 Å². The van der Waals surface area contributed by atoms with Crippen molar-refractivity contribution >= 4 is 0 Å². The maximum absolute atomic E-state index is 8.77. The van der Waals surface area contributed by atoms with Gasteiger partial charge >= 0.3 is 0 Å². The van der Waals surface area contributed by atoms with Crippen molar-refractivity contribution in [2.75, 3.05) is 34.0 Å². The molecule has 4 nitrogen and oxygen atoms in total. The van der Waals surface area contributed by atoms with Gasteiger partial charge in [-0.3, -0.25) is 0 Å². The van der Waals surface area contributed by atoms with E-state index in [2.05, 4.69) is 11.4 Å². The van der Waals surface area contributed by atoms with Gasteiger partial charge in [0.05, 0.1) is 12.7 Å². The van der Waals surface area contributed by atoms with E-state index >= 15 is 0 Å². The van der Waals surface area contributed by atoms with Gasteiger partial charge in [-0.05, 0) is 20.4 Å². The van der Waals surface area contributed by atoms with Crippen molar-refractivity contribution in [1.29, 1.82) is 5.26 Å². The molecule has 76 valence electrons. The average Bonchev–Trinajstić information content (AvgIpc) is 2.17. The van der Waals surface area contributed by atoms with Gasteiger partial charge in [-0.1, -0.05) is 0 Å². The molecule has 0 spiro atoms. The molecule has 0 aliphatic heterocycles. The van der Waals surface area contributed by atoms with E-state index in [0.29, 0.717) is 19.8 Å². The molecule has 1 unspecified atom stereocenters. The van der Waals surface area contributed by atoms with Crippen LogP contribution in [0.3, 0.4) is 0 Å². The summed E-state index contributed by atoms with van der Waals surface area (Å²) in [6, 6.07) is 2.15. The molecule has 0 saturated carbocycles. The molecule has 1 N–H and O–H groups in total. The van der Waals surface area contributed by atoms with E-state index < -0.39 is 5.54 Å². The highest BCUT2D eigenvalue weighted by Gasteiger charge is 2.20. The van der Waals surface area contributed by atoms with Gasteiger partial charge in [0, 0.05) is 20.3 Å². The normalized spacial score (nSPS) is 14.9. The lowest BCUT2D eigenvalue weighted by molar-refractivity contribution is 0.0779. The Morgan fingerprint density at radius 2 is 2.15 bits per heavy atom. The van der Waals surface area contributed by atoms with Gasteiger partial charge in [0.2, 0.25) is 0 Å². The van der Waals surface area contributed by atoms with Gasteiger partial charge < -0.3 is 14.8 Å². The lowest BCUT2D eigenvalue weighted by Crippen LogP contribution is -2.42. The van der Waals surface area contributed by atoms with E-state index in [-0.39, 0.29) is 0 Å². The highest BCUT2D eigenvalue weighted by Crippen LogP contribution is 2.01. The number of nitrogens with zero attached hydrogens (tertiary/aromatic N) is 1. The van der Waals surface area contributed by atoms with E-state index in [4.69, 9.17) is 14.7 Å². The Labute approximate surface area is 79.8 Å². The van der Waals surface area contributed by atoms with Gasteiger partial charge in [-0.15, -0.1) is 0 Å². The number of hydrogen-bond acceptors (Lipinski definition) is 4. The molecule has 0 aliphatic rings. The zero-order valence-corrected chi connectivity index (χ0v) is 8.59. The number of nitrogens with one attached hydrogen (secondary N) is 1. The van der Waals surface area contributed by atoms with Gasteiger partial charge in [-0.2, -0.15) is 5.26 Å². The van der Waals surface area contributed by atoms with Gasteiger partial charge in [0.15, 0.2) is 0 Å². The number of rotatable bonds is 7. The summed E-state index contributed by atoms with van der Waals surface area (Å²) < 4.78 is 10.2. The van der Waals surface area contributed by atoms with Crippen LogP contribution in [0.4, 0.5) is 0 Å². The highest BCUT2D eigenvalue weighted by atomic mass is 16.5. The Kier molecular flexibility index (Phi) is 6.51. The van der Waals surface area contributed by atoms with Crippen molar-refractivity contribution in [2.24, 2.45) is 0 Å². The summed E-state index contributed by atoms with van der Waals surface area (Å²) in [5.74, 6) is 0. The molecule has 0 aromatic heterocycles. The fourth-order valence-corrected chi connectivity index (χ4v) is 0.742. The number of ether oxygens (including phenoxy) is 2. The third-order valence-corrected chi connectivity index (χ3v) is 1.83. The molecule has 0 radical (unpaired) electrons. The summed E-state index contributed by atoms with van der Waals surface area (Å²) >= 11 is 0. The minimum absolute atomic E-state index is 0.406. The van der Waals surface area contributed by atoms with Crippen molar-refractivity contribution < 1.29 is 9.47 Å².